The molecule has 0 aromatic heterocycles. The number of nitrogens with one attached hydrogen (secondary N) is 1. The van der Waals surface area contributed by atoms with Crippen LogP contribution in [0.3, 0.4) is 0 Å². The minimum atomic E-state index is -0.426. The molecule has 4 heteroatoms. The van der Waals surface area contributed by atoms with E-state index in [4.69, 9.17) is 16.3 Å². The second kappa shape index (κ2) is 6.95. The van der Waals surface area contributed by atoms with Crippen LogP contribution in [-0.4, -0.2) is 18.7 Å². The quantitative estimate of drug-likeness (QED) is 0.849. The van der Waals surface area contributed by atoms with Crippen molar-refractivity contribution >= 4 is 11.6 Å². The van der Waals surface area contributed by atoms with Gasteiger partial charge in [-0.05, 0) is 18.1 Å². The molecular weight excluding hydrogens is 253 g/mol. The van der Waals surface area contributed by atoms with Gasteiger partial charge < -0.3 is 10.1 Å². The molecule has 0 aliphatic carbocycles. The molecule has 2 nitrogen and oxygen atoms in total. The molecule has 102 valence electrons. The van der Waals surface area contributed by atoms with Gasteiger partial charge in [-0.3, -0.25) is 0 Å². The maximum absolute atomic E-state index is 13.0. The van der Waals surface area contributed by atoms with Crippen LogP contribution >= 0.6 is 11.6 Å². The zero-order valence-corrected chi connectivity index (χ0v) is 12.1. The largest absolute Gasteiger partial charge is 0.489 e. The summed E-state index contributed by atoms with van der Waals surface area (Å²) in [7, 11) is 0. The molecule has 0 amide bonds. The van der Waals surface area contributed by atoms with E-state index in [0.29, 0.717) is 17.7 Å². The van der Waals surface area contributed by atoms with E-state index in [0.717, 1.165) is 6.54 Å². The van der Waals surface area contributed by atoms with Crippen LogP contribution in [0.5, 0.6) is 5.75 Å². The average molecular weight is 274 g/mol. The Labute approximate surface area is 113 Å². The van der Waals surface area contributed by atoms with E-state index in [1.807, 2.05) is 0 Å². The molecule has 0 fully saturated rings. The average Bonchev–Trinajstić information content (AvgIpc) is 2.28. The first-order valence-electron chi connectivity index (χ1n) is 6.25. The van der Waals surface area contributed by atoms with Gasteiger partial charge in [0.15, 0.2) is 0 Å². The Kier molecular flexibility index (Phi) is 5.89. The van der Waals surface area contributed by atoms with Gasteiger partial charge in [0.05, 0.1) is 5.02 Å². The van der Waals surface area contributed by atoms with Crippen LogP contribution in [0.1, 0.15) is 27.7 Å². The predicted octanol–water partition coefficient (Wildman–Crippen LogP) is 3.88. The zero-order valence-electron chi connectivity index (χ0n) is 11.3. The number of hydrogen-bond acceptors (Lipinski definition) is 2. The highest BCUT2D eigenvalue weighted by molar-refractivity contribution is 6.30. The Morgan fingerprint density at radius 2 is 1.94 bits per heavy atom. The van der Waals surface area contributed by atoms with E-state index in [9.17, 15) is 4.39 Å². The van der Waals surface area contributed by atoms with Crippen LogP contribution in [0, 0.1) is 11.7 Å². The Bertz CT molecular complexity index is 382. The molecule has 0 spiro atoms. The van der Waals surface area contributed by atoms with Crippen molar-refractivity contribution in [3.63, 3.8) is 0 Å². The molecule has 0 aliphatic heterocycles. The van der Waals surface area contributed by atoms with Crippen molar-refractivity contribution in [3.05, 3.63) is 29.0 Å². The molecule has 1 rings (SSSR count). The third-order valence-electron chi connectivity index (χ3n) is 2.65. The van der Waals surface area contributed by atoms with E-state index >= 15 is 0 Å². The third-order valence-corrected chi connectivity index (χ3v) is 2.94. The van der Waals surface area contributed by atoms with Crippen molar-refractivity contribution < 1.29 is 9.13 Å². The first-order valence-corrected chi connectivity index (χ1v) is 6.63. The molecule has 1 N–H and O–H groups in total. The number of ether oxygens (including phenoxy) is 1. The lowest BCUT2D eigenvalue weighted by Gasteiger charge is -2.24. The summed E-state index contributed by atoms with van der Waals surface area (Å²) in [5.74, 6) is 0.538. The Morgan fingerprint density at radius 3 is 2.44 bits per heavy atom. The first-order chi connectivity index (χ1) is 8.40. The summed E-state index contributed by atoms with van der Waals surface area (Å²) < 4.78 is 18.9. The Balaban J connectivity index is 2.67. The van der Waals surface area contributed by atoms with Gasteiger partial charge in [0.25, 0.3) is 0 Å². The molecule has 0 aliphatic rings. The van der Waals surface area contributed by atoms with Crippen molar-refractivity contribution in [2.75, 3.05) is 6.54 Å². The Morgan fingerprint density at radius 1 is 1.28 bits per heavy atom. The number of rotatable bonds is 6. The molecule has 18 heavy (non-hydrogen) atoms. The topological polar surface area (TPSA) is 21.3 Å². The predicted molar refractivity (Wildman–Crippen MR) is 73.8 cm³/mol. The zero-order chi connectivity index (χ0) is 13.7. The SMILES string of the molecule is CC(C)NCC(Oc1ccc(F)c(Cl)c1)C(C)C. The van der Waals surface area contributed by atoms with Gasteiger partial charge in [0, 0.05) is 18.7 Å². The highest BCUT2D eigenvalue weighted by atomic mass is 35.5. The maximum Gasteiger partial charge on any atom is 0.142 e. The van der Waals surface area contributed by atoms with E-state index in [1.54, 1.807) is 6.07 Å². The standard InChI is InChI=1S/C14H21ClFNO/c1-9(2)14(8-17-10(3)4)18-11-5-6-13(16)12(15)7-11/h5-7,9-10,14,17H,8H2,1-4H3. The van der Waals surface area contributed by atoms with Crippen LogP contribution in [0.4, 0.5) is 4.39 Å². The summed E-state index contributed by atoms with van der Waals surface area (Å²) in [6, 6.07) is 4.85. The fourth-order valence-electron chi connectivity index (χ4n) is 1.49. The van der Waals surface area contributed by atoms with E-state index in [-0.39, 0.29) is 11.1 Å². The highest BCUT2D eigenvalue weighted by Gasteiger charge is 2.16. The summed E-state index contributed by atoms with van der Waals surface area (Å²) in [6.45, 7) is 9.12. The smallest absolute Gasteiger partial charge is 0.142 e. The van der Waals surface area contributed by atoms with Gasteiger partial charge >= 0.3 is 0 Å². The fourth-order valence-corrected chi connectivity index (χ4v) is 1.66. The van der Waals surface area contributed by atoms with Gasteiger partial charge in [-0.1, -0.05) is 39.3 Å². The van der Waals surface area contributed by atoms with Crippen molar-refractivity contribution in [1.29, 1.82) is 0 Å². The second-order valence-electron chi connectivity index (χ2n) is 5.04. The van der Waals surface area contributed by atoms with Crippen LogP contribution < -0.4 is 10.1 Å². The van der Waals surface area contributed by atoms with Crippen molar-refractivity contribution in [3.8, 4) is 5.75 Å². The molecule has 1 unspecified atom stereocenters. The maximum atomic E-state index is 13.0. The van der Waals surface area contributed by atoms with Gasteiger partial charge in [-0.15, -0.1) is 0 Å². The molecule has 1 aromatic carbocycles. The van der Waals surface area contributed by atoms with Crippen LogP contribution in [-0.2, 0) is 0 Å². The highest BCUT2D eigenvalue weighted by Crippen LogP contribution is 2.23. The van der Waals surface area contributed by atoms with E-state index in [2.05, 4.69) is 33.0 Å². The summed E-state index contributed by atoms with van der Waals surface area (Å²) in [5.41, 5.74) is 0. The van der Waals surface area contributed by atoms with Gasteiger partial charge in [-0.25, -0.2) is 4.39 Å². The Hall–Kier alpha value is -0.800. The molecule has 0 radical (unpaired) electrons. The monoisotopic (exact) mass is 273 g/mol. The van der Waals surface area contributed by atoms with Gasteiger partial charge in [-0.2, -0.15) is 0 Å². The lowest BCUT2D eigenvalue weighted by atomic mass is 10.1. The lowest BCUT2D eigenvalue weighted by Crippen LogP contribution is -2.38. The van der Waals surface area contributed by atoms with Crippen molar-refractivity contribution in [1.82, 2.24) is 5.32 Å². The molecule has 0 heterocycles. The van der Waals surface area contributed by atoms with Crippen LogP contribution in [0.2, 0.25) is 5.02 Å². The molecule has 0 saturated carbocycles. The normalized spacial score (nSPS) is 13.1. The summed E-state index contributed by atoms with van der Waals surface area (Å²) >= 11 is 5.73. The summed E-state index contributed by atoms with van der Waals surface area (Å²) in [6.07, 6.45) is 0.0360. The first kappa shape index (κ1) is 15.3. The van der Waals surface area contributed by atoms with Crippen LogP contribution in [0.15, 0.2) is 18.2 Å². The number of halogens is 2. The minimum Gasteiger partial charge on any atom is -0.489 e. The van der Waals surface area contributed by atoms with Crippen molar-refractivity contribution in [2.45, 2.75) is 39.8 Å². The number of benzene rings is 1. The van der Waals surface area contributed by atoms with E-state index in [1.165, 1.54) is 12.1 Å². The minimum absolute atomic E-state index is 0.0360. The summed E-state index contributed by atoms with van der Waals surface area (Å²) in [5, 5.41) is 3.43. The summed E-state index contributed by atoms with van der Waals surface area (Å²) in [4.78, 5) is 0. The molecule has 0 saturated heterocycles. The third kappa shape index (κ3) is 4.83. The molecule has 1 aromatic rings. The molecular formula is C14H21ClFNO. The van der Waals surface area contributed by atoms with Gasteiger partial charge in [0.1, 0.15) is 17.7 Å². The van der Waals surface area contributed by atoms with E-state index < -0.39 is 5.82 Å². The van der Waals surface area contributed by atoms with Crippen LogP contribution in [0.25, 0.3) is 0 Å². The van der Waals surface area contributed by atoms with Crippen molar-refractivity contribution in [2.24, 2.45) is 5.92 Å². The fraction of sp³-hybridized carbons (Fsp3) is 0.571. The van der Waals surface area contributed by atoms with Gasteiger partial charge in [0.2, 0.25) is 0 Å². The molecule has 0 bridgehead atoms. The molecule has 1 atom stereocenters. The lowest BCUT2D eigenvalue weighted by molar-refractivity contribution is 0.146. The number of hydrogen-bond donors (Lipinski definition) is 1. The second-order valence-corrected chi connectivity index (χ2v) is 5.45.